The first-order valence-electron chi connectivity index (χ1n) is 10.6. The van der Waals surface area contributed by atoms with Crippen LogP contribution in [0.3, 0.4) is 0 Å². The van der Waals surface area contributed by atoms with Crippen molar-refractivity contribution in [1.29, 1.82) is 0 Å². The number of ether oxygens (including phenoxy) is 1. The number of amides is 1. The van der Waals surface area contributed by atoms with Gasteiger partial charge in [0.2, 0.25) is 0 Å². The van der Waals surface area contributed by atoms with E-state index in [1.807, 2.05) is 45.0 Å². The van der Waals surface area contributed by atoms with Crippen LogP contribution in [0.5, 0.6) is 5.75 Å². The van der Waals surface area contributed by atoms with Crippen molar-refractivity contribution in [1.82, 2.24) is 10.2 Å². The summed E-state index contributed by atoms with van der Waals surface area (Å²) < 4.78 is 5.49. The van der Waals surface area contributed by atoms with Gasteiger partial charge in [-0.2, -0.15) is 0 Å². The number of methoxy groups -OCH3 is 1. The van der Waals surface area contributed by atoms with Crippen LogP contribution in [-0.4, -0.2) is 44.6 Å². The van der Waals surface area contributed by atoms with Gasteiger partial charge in [-0.1, -0.05) is 45.0 Å². The lowest BCUT2D eigenvalue weighted by atomic mass is 9.81. The Labute approximate surface area is 199 Å². The smallest absolute Gasteiger partial charge is 0.255 e. The van der Waals surface area contributed by atoms with E-state index in [-0.39, 0.29) is 33.7 Å². The third-order valence-corrected chi connectivity index (χ3v) is 5.17. The Morgan fingerprint density at radius 2 is 1.68 bits per heavy atom. The number of carbonyl (C=O) groups is 3. The van der Waals surface area contributed by atoms with E-state index in [1.165, 1.54) is 17.0 Å². The molecule has 0 saturated heterocycles. The SMILES string of the molecule is COc1ccccc1C(N/C(C=O)=C(/C=O)Nc1cccc(C(=O)N(C)C)c1N=O)C(C)(C)C. The lowest BCUT2D eigenvalue weighted by Gasteiger charge is -2.34. The van der Waals surface area contributed by atoms with Crippen LogP contribution in [-0.2, 0) is 9.59 Å². The lowest BCUT2D eigenvalue weighted by molar-refractivity contribution is -0.107. The number of rotatable bonds is 10. The predicted octanol–water partition coefficient (Wildman–Crippen LogP) is 4.19. The lowest BCUT2D eigenvalue weighted by Crippen LogP contribution is -2.34. The maximum absolute atomic E-state index is 12.4. The Kier molecular flexibility index (Phi) is 8.66. The molecule has 0 aromatic heterocycles. The Hall–Kier alpha value is -4.01. The number of nitrogens with zero attached hydrogens (tertiary/aromatic N) is 2. The molecule has 9 heteroatoms. The quantitative estimate of drug-likeness (QED) is 0.306. The van der Waals surface area contributed by atoms with Crippen LogP contribution in [0.1, 0.15) is 42.7 Å². The van der Waals surface area contributed by atoms with Crippen molar-refractivity contribution in [3.05, 3.63) is 69.9 Å². The largest absolute Gasteiger partial charge is 0.496 e. The van der Waals surface area contributed by atoms with Crippen molar-refractivity contribution in [2.24, 2.45) is 10.6 Å². The van der Waals surface area contributed by atoms with Gasteiger partial charge in [-0.15, -0.1) is 4.91 Å². The number of carbonyl (C=O) groups excluding carboxylic acids is 3. The maximum Gasteiger partial charge on any atom is 0.255 e. The van der Waals surface area contributed by atoms with Crippen LogP contribution in [0, 0.1) is 10.3 Å². The molecule has 180 valence electrons. The second kappa shape index (κ2) is 11.2. The monoisotopic (exact) mass is 466 g/mol. The van der Waals surface area contributed by atoms with E-state index >= 15 is 0 Å². The van der Waals surface area contributed by atoms with Crippen molar-refractivity contribution < 1.29 is 19.1 Å². The number of anilines is 1. The highest BCUT2D eigenvalue weighted by Crippen LogP contribution is 2.38. The Bertz CT molecular complexity index is 1100. The molecule has 0 radical (unpaired) electrons. The summed E-state index contributed by atoms with van der Waals surface area (Å²) in [4.78, 5) is 49.4. The average Bonchev–Trinajstić information content (AvgIpc) is 2.82. The molecule has 0 spiro atoms. The van der Waals surface area contributed by atoms with Gasteiger partial charge in [0.05, 0.1) is 24.4 Å². The number of aldehydes is 2. The zero-order chi connectivity index (χ0) is 25.5. The van der Waals surface area contributed by atoms with Crippen LogP contribution in [0.4, 0.5) is 11.4 Å². The number of hydrogen-bond donors (Lipinski definition) is 2. The predicted molar refractivity (Wildman–Crippen MR) is 131 cm³/mol. The van der Waals surface area contributed by atoms with Gasteiger partial charge in [-0.25, -0.2) is 0 Å². The van der Waals surface area contributed by atoms with Crippen molar-refractivity contribution in [3.8, 4) is 5.75 Å². The minimum absolute atomic E-state index is 0.0259. The number of para-hydroxylation sites is 1. The van der Waals surface area contributed by atoms with Crippen LogP contribution in [0.15, 0.2) is 59.0 Å². The Morgan fingerprint density at radius 1 is 1.03 bits per heavy atom. The fourth-order valence-electron chi connectivity index (χ4n) is 3.46. The highest BCUT2D eigenvalue weighted by Gasteiger charge is 2.30. The topological polar surface area (TPSA) is 117 Å². The minimum Gasteiger partial charge on any atom is -0.496 e. The van der Waals surface area contributed by atoms with Gasteiger partial charge in [0, 0.05) is 19.7 Å². The molecule has 0 aliphatic rings. The highest BCUT2D eigenvalue weighted by molar-refractivity contribution is 6.02. The van der Waals surface area contributed by atoms with Gasteiger partial charge in [0.15, 0.2) is 12.6 Å². The van der Waals surface area contributed by atoms with Crippen molar-refractivity contribution in [2.75, 3.05) is 26.5 Å². The normalized spacial score (nSPS) is 12.6. The van der Waals surface area contributed by atoms with Crippen molar-refractivity contribution >= 4 is 29.9 Å². The molecule has 2 rings (SSSR count). The van der Waals surface area contributed by atoms with Gasteiger partial charge in [-0.3, -0.25) is 14.4 Å². The first-order chi connectivity index (χ1) is 16.1. The van der Waals surface area contributed by atoms with Gasteiger partial charge in [0.25, 0.3) is 5.91 Å². The standard InChI is InChI=1S/C25H30N4O5/c1-25(2,3)23(16-10-7-8-13-21(16)34-6)27-20(15-31)19(14-30)26-18-12-9-11-17(22(18)28-33)24(32)29(4)5/h7-15,23,26-27H,1-6H3/b20-19-. The molecule has 9 nitrogen and oxygen atoms in total. The van der Waals surface area contributed by atoms with Crippen molar-refractivity contribution in [2.45, 2.75) is 26.8 Å². The average molecular weight is 467 g/mol. The number of hydrogen-bond acceptors (Lipinski definition) is 8. The Morgan fingerprint density at radius 3 is 2.21 bits per heavy atom. The number of allylic oxidation sites excluding steroid dienone is 2. The summed E-state index contributed by atoms with van der Waals surface area (Å²) in [6, 6.07) is 11.5. The molecular formula is C25H30N4O5. The second-order valence-electron chi connectivity index (χ2n) is 8.87. The summed E-state index contributed by atoms with van der Waals surface area (Å²) in [7, 11) is 4.66. The molecule has 1 atom stereocenters. The molecule has 0 bridgehead atoms. The van der Waals surface area contributed by atoms with Crippen LogP contribution < -0.4 is 15.4 Å². The van der Waals surface area contributed by atoms with Crippen LogP contribution in [0.2, 0.25) is 0 Å². The maximum atomic E-state index is 12.4. The summed E-state index contributed by atoms with van der Waals surface area (Å²) in [5.74, 6) is 0.204. The molecule has 0 saturated carbocycles. The third kappa shape index (κ3) is 5.86. The Balaban J connectivity index is 2.56. The van der Waals surface area contributed by atoms with E-state index in [0.29, 0.717) is 18.3 Å². The van der Waals surface area contributed by atoms with E-state index in [2.05, 4.69) is 15.8 Å². The number of nitrogens with one attached hydrogen (secondary N) is 2. The molecule has 34 heavy (non-hydrogen) atoms. The molecule has 0 aliphatic carbocycles. The molecule has 2 aromatic rings. The zero-order valence-corrected chi connectivity index (χ0v) is 20.2. The fourth-order valence-corrected chi connectivity index (χ4v) is 3.46. The summed E-state index contributed by atoms with van der Waals surface area (Å²) in [5, 5.41) is 8.94. The number of nitroso groups, excluding NO2 is 1. The van der Waals surface area contributed by atoms with Gasteiger partial charge in [0.1, 0.15) is 22.8 Å². The molecule has 0 heterocycles. The summed E-state index contributed by atoms with van der Waals surface area (Å²) in [6.07, 6.45) is 0.988. The van der Waals surface area contributed by atoms with Gasteiger partial charge >= 0.3 is 0 Å². The molecule has 2 aromatic carbocycles. The fraction of sp³-hybridized carbons (Fsp3) is 0.320. The van der Waals surface area contributed by atoms with E-state index in [0.717, 1.165) is 5.56 Å². The number of benzene rings is 2. The minimum atomic E-state index is -0.424. The molecule has 0 aliphatic heterocycles. The van der Waals surface area contributed by atoms with Gasteiger partial charge in [-0.05, 0) is 28.8 Å². The van der Waals surface area contributed by atoms with Crippen molar-refractivity contribution in [3.63, 3.8) is 0 Å². The zero-order valence-electron chi connectivity index (χ0n) is 20.2. The van der Waals surface area contributed by atoms with E-state index < -0.39 is 11.9 Å². The van der Waals surface area contributed by atoms with Gasteiger partial charge < -0.3 is 20.3 Å². The van der Waals surface area contributed by atoms with E-state index in [1.54, 1.807) is 27.3 Å². The molecule has 1 amide bonds. The third-order valence-electron chi connectivity index (χ3n) is 5.17. The van der Waals surface area contributed by atoms with Crippen LogP contribution in [0.25, 0.3) is 0 Å². The van der Waals surface area contributed by atoms with E-state index in [4.69, 9.17) is 4.74 Å². The first-order valence-corrected chi connectivity index (χ1v) is 10.6. The first kappa shape index (κ1) is 26.2. The highest BCUT2D eigenvalue weighted by atomic mass is 16.5. The van der Waals surface area contributed by atoms with E-state index in [9.17, 15) is 19.3 Å². The summed E-state index contributed by atoms with van der Waals surface area (Å²) in [6.45, 7) is 5.95. The molecule has 0 fully saturated rings. The molecule has 2 N–H and O–H groups in total. The van der Waals surface area contributed by atoms with Crippen LogP contribution >= 0.6 is 0 Å². The summed E-state index contributed by atoms with van der Waals surface area (Å²) in [5.41, 5.74) is 0.303. The second-order valence-corrected chi connectivity index (χ2v) is 8.87. The molecular weight excluding hydrogens is 436 g/mol. The summed E-state index contributed by atoms with van der Waals surface area (Å²) >= 11 is 0. The molecule has 1 unspecified atom stereocenters.